The minimum Gasteiger partial charge on any atom is -0.330 e. The lowest BCUT2D eigenvalue weighted by Crippen LogP contribution is -2.41. The van der Waals surface area contributed by atoms with Gasteiger partial charge in [0.2, 0.25) is 5.78 Å². The SMILES string of the molecule is O=C1NC2NCCC=C2C1=O. The number of ketones is 1. The molecule has 58 valence electrons. The van der Waals surface area contributed by atoms with Gasteiger partial charge in [-0.15, -0.1) is 0 Å². The number of fused-ring (bicyclic) bond motifs is 1. The van der Waals surface area contributed by atoms with Crippen LogP contribution in [0.25, 0.3) is 0 Å². The van der Waals surface area contributed by atoms with Gasteiger partial charge in [-0.05, 0) is 6.42 Å². The van der Waals surface area contributed by atoms with Crippen LogP contribution in [0.1, 0.15) is 6.42 Å². The summed E-state index contributed by atoms with van der Waals surface area (Å²) in [5, 5.41) is 5.56. The number of rotatable bonds is 0. The van der Waals surface area contributed by atoms with Gasteiger partial charge in [0.25, 0.3) is 5.91 Å². The molecule has 0 aromatic heterocycles. The van der Waals surface area contributed by atoms with E-state index in [1.807, 2.05) is 6.08 Å². The lowest BCUT2D eigenvalue weighted by atomic mass is 10.1. The zero-order chi connectivity index (χ0) is 7.84. The first-order valence-electron chi connectivity index (χ1n) is 3.57. The molecule has 2 aliphatic rings. The summed E-state index contributed by atoms with van der Waals surface area (Å²) in [5.74, 6) is -0.877. The fraction of sp³-hybridized carbons (Fsp3) is 0.429. The summed E-state index contributed by atoms with van der Waals surface area (Å²) in [7, 11) is 0. The smallest absolute Gasteiger partial charge is 0.293 e. The highest BCUT2D eigenvalue weighted by Crippen LogP contribution is 2.13. The van der Waals surface area contributed by atoms with E-state index in [4.69, 9.17) is 0 Å². The summed E-state index contributed by atoms with van der Waals surface area (Å²) in [6, 6.07) is 0. The molecule has 0 spiro atoms. The molecule has 2 N–H and O–H groups in total. The largest absolute Gasteiger partial charge is 0.330 e. The lowest BCUT2D eigenvalue weighted by molar-refractivity contribution is -0.133. The van der Waals surface area contributed by atoms with E-state index in [0.717, 1.165) is 13.0 Å². The first kappa shape index (κ1) is 6.54. The maximum Gasteiger partial charge on any atom is 0.293 e. The second-order valence-corrected chi connectivity index (χ2v) is 2.64. The Balaban J connectivity index is 2.34. The Morgan fingerprint density at radius 3 is 3.00 bits per heavy atom. The third kappa shape index (κ3) is 0.867. The van der Waals surface area contributed by atoms with Gasteiger partial charge in [0.1, 0.15) is 6.17 Å². The predicted molar refractivity (Wildman–Crippen MR) is 37.6 cm³/mol. The first-order valence-corrected chi connectivity index (χ1v) is 3.57. The minimum atomic E-state index is -0.490. The van der Waals surface area contributed by atoms with Crippen LogP contribution in [0.3, 0.4) is 0 Å². The molecule has 1 atom stereocenters. The molecule has 0 aliphatic carbocycles. The van der Waals surface area contributed by atoms with E-state index in [0.29, 0.717) is 5.57 Å². The second-order valence-electron chi connectivity index (χ2n) is 2.64. The number of nitrogens with one attached hydrogen (secondary N) is 2. The average Bonchev–Trinajstić information content (AvgIpc) is 2.30. The fourth-order valence-electron chi connectivity index (χ4n) is 1.36. The highest BCUT2D eigenvalue weighted by molar-refractivity contribution is 6.45. The highest BCUT2D eigenvalue weighted by Gasteiger charge is 2.35. The summed E-state index contributed by atoms with van der Waals surface area (Å²) in [6.07, 6.45) is 2.43. The summed E-state index contributed by atoms with van der Waals surface area (Å²) >= 11 is 0. The molecule has 4 heteroatoms. The Bertz CT molecular complexity index is 257. The van der Waals surface area contributed by atoms with Crippen LogP contribution >= 0.6 is 0 Å². The molecule has 0 saturated carbocycles. The Morgan fingerprint density at radius 2 is 2.27 bits per heavy atom. The van der Waals surface area contributed by atoms with Crippen LogP contribution in [0, 0.1) is 0 Å². The maximum absolute atomic E-state index is 11.0. The van der Waals surface area contributed by atoms with Crippen molar-refractivity contribution in [3.63, 3.8) is 0 Å². The quantitative estimate of drug-likeness (QED) is 0.434. The molecule has 2 heterocycles. The van der Waals surface area contributed by atoms with Crippen LogP contribution in [-0.4, -0.2) is 24.4 Å². The molecule has 4 nitrogen and oxygen atoms in total. The van der Waals surface area contributed by atoms with Gasteiger partial charge in [0, 0.05) is 12.1 Å². The minimum absolute atomic E-state index is 0.219. The Kier molecular flexibility index (Phi) is 1.29. The van der Waals surface area contributed by atoms with Gasteiger partial charge in [-0.3, -0.25) is 14.9 Å². The monoisotopic (exact) mass is 152 g/mol. The Labute approximate surface area is 63.7 Å². The van der Waals surface area contributed by atoms with Crippen molar-refractivity contribution >= 4 is 11.7 Å². The van der Waals surface area contributed by atoms with Crippen molar-refractivity contribution < 1.29 is 9.59 Å². The standard InChI is InChI=1S/C7H8N2O2/c10-5-4-2-1-3-8-6(4)9-7(5)11/h2,6,8H,1,3H2,(H,9,11). The van der Waals surface area contributed by atoms with E-state index in [9.17, 15) is 9.59 Å². The number of hydrogen-bond acceptors (Lipinski definition) is 3. The molecule has 1 fully saturated rings. The summed E-state index contributed by atoms with van der Waals surface area (Å²) in [6.45, 7) is 0.821. The van der Waals surface area contributed by atoms with Crippen LogP contribution in [0.2, 0.25) is 0 Å². The van der Waals surface area contributed by atoms with E-state index < -0.39 is 5.91 Å². The molecule has 2 aliphatic heterocycles. The number of hydrogen-bond donors (Lipinski definition) is 2. The lowest BCUT2D eigenvalue weighted by Gasteiger charge is -2.16. The number of carbonyl (C=O) groups excluding carboxylic acids is 2. The molecule has 0 aromatic carbocycles. The van der Waals surface area contributed by atoms with E-state index >= 15 is 0 Å². The zero-order valence-corrected chi connectivity index (χ0v) is 5.89. The van der Waals surface area contributed by atoms with Gasteiger partial charge in [-0.2, -0.15) is 0 Å². The third-order valence-corrected chi connectivity index (χ3v) is 1.91. The topological polar surface area (TPSA) is 58.2 Å². The second kappa shape index (κ2) is 2.17. The van der Waals surface area contributed by atoms with Crippen LogP contribution < -0.4 is 10.6 Å². The summed E-state index contributed by atoms with van der Waals surface area (Å²) in [4.78, 5) is 21.8. The van der Waals surface area contributed by atoms with Crippen molar-refractivity contribution in [2.24, 2.45) is 0 Å². The van der Waals surface area contributed by atoms with E-state index in [1.54, 1.807) is 0 Å². The van der Waals surface area contributed by atoms with Crippen LogP contribution in [0.5, 0.6) is 0 Å². The highest BCUT2D eigenvalue weighted by atomic mass is 16.2. The van der Waals surface area contributed by atoms with Gasteiger partial charge in [0.05, 0.1) is 0 Å². The van der Waals surface area contributed by atoms with Crippen LogP contribution in [0.4, 0.5) is 0 Å². The number of amides is 1. The van der Waals surface area contributed by atoms with Crippen LogP contribution in [0.15, 0.2) is 11.6 Å². The van der Waals surface area contributed by atoms with Crippen molar-refractivity contribution in [3.05, 3.63) is 11.6 Å². The van der Waals surface area contributed by atoms with Gasteiger partial charge in [-0.25, -0.2) is 0 Å². The normalized spacial score (nSPS) is 29.5. The summed E-state index contributed by atoms with van der Waals surface area (Å²) in [5.41, 5.74) is 0.584. The van der Waals surface area contributed by atoms with Gasteiger partial charge >= 0.3 is 0 Å². The van der Waals surface area contributed by atoms with Crippen molar-refractivity contribution in [2.45, 2.75) is 12.6 Å². The van der Waals surface area contributed by atoms with Crippen molar-refractivity contribution in [3.8, 4) is 0 Å². The van der Waals surface area contributed by atoms with Gasteiger partial charge < -0.3 is 5.32 Å². The van der Waals surface area contributed by atoms with Gasteiger partial charge in [0.15, 0.2) is 0 Å². The van der Waals surface area contributed by atoms with Crippen molar-refractivity contribution in [1.29, 1.82) is 0 Å². The fourth-order valence-corrected chi connectivity index (χ4v) is 1.36. The zero-order valence-electron chi connectivity index (χ0n) is 5.89. The van der Waals surface area contributed by atoms with Crippen molar-refractivity contribution in [2.75, 3.05) is 6.54 Å². The molecular formula is C7H8N2O2. The van der Waals surface area contributed by atoms with E-state index in [2.05, 4.69) is 10.6 Å². The molecular weight excluding hydrogens is 144 g/mol. The molecule has 1 unspecified atom stereocenters. The Hall–Kier alpha value is -1.16. The first-order chi connectivity index (χ1) is 5.29. The number of carbonyl (C=O) groups is 2. The maximum atomic E-state index is 11.0. The molecule has 0 aromatic rings. The average molecular weight is 152 g/mol. The molecule has 0 radical (unpaired) electrons. The third-order valence-electron chi connectivity index (χ3n) is 1.91. The van der Waals surface area contributed by atoms with E-state index in [1.165, 1.54) is 0 Å². The molecule has 1 saturated heterocycles. The van der Waals surface area contributed by atoms with Crippen molar-refractivity contribution in [1.82, 2.24) is 10.6 Å². The van der Waals surface area contributed by atoms with Gasteiger partial charge in [-0.1, -0.05) is 6.08 Å². The van der Waals surface area contributed by atoms with Crippen LogP contribution in [-0.2, 0) is 9.59 Å². The molecule has 0 bridgehead atoms. The number of Topliss-reactive ketones (excluding diaryl/α,β-unsaturated/α-hetero) is 1. The molecule has 11 heavy (non-hydrogen) atoms. The Morgan fingerprint density at radius 1 is 1.45 bits per heavy atom. The summed E-state index contributed by atoms with van der Waals surface area (Å²) < 4.78 is 0. The van der Waals surface area contributed by atoms with E-state index in [-0.39, 0.29) is 11.9 Å². The molecule has 1 amide bonds. The molecule has 2 rings (SSSR count). The predicted octanol–water partition coefficient (Wildman–Crippen LogP) is -1.07.